The van der Waals surface area contributed by atoms with E-state index in [0.717, 1.165) is 41.5 Å². The Hall–Kier alpha value is -2.31. The van der Waals surface area contributed by atoms with Crippen molar-refractivity contribution < 1.29 is 14.3 Å². The Morgan fingerprint density at radius 1 is 1.11 bits per heavy atom. The number of ether oxygens (including phenoxy) is 1. The van der Waals surface area contributed by atoms with Gasteiger partial charge in [0.2, 0.25) is 0 Å². The van der Waals surface area contributed by atoms with Crippen LogP contribution >= 0.6 is 11.8 Å². The second-order valence-corrected chi connectivity index (χ2v) is 12.5. The van der Waals surface area contributed by atoms with Gasteiger partial charge in [-0.05, 0) is 91.0 Å². The molecule has 1 amide bonds. The average Bonchev–Trinajstić information content (AvgIpc) is 2.90. The molecule has 1 atom stereocenters. The molecular weight excluding hydrogens is 492 g/mol. The summed E-state index contributed by atoms with van der Waals surface area (Å²) in [5.41, 5.74) is 5.06. The molecule has 5 nitrogen and oxygen atoms in total. The summed E-state index contributed by atoms with van der Waals surface area (Å²) in [6.45, 7) is 8.75. The molecule has 0 spiro atoms. The van der Waals surface area contributed by atoms with Crippen LogP contribution in [0.2, 0.25) is 0 Å². The summed E-state index contributed by atoms with van der Waals surface area (Å²) < 4.78 is 4.96. The smallest absolute Gasteiger partial charge is 0.328 e. The van der Waals surface area contributed by atoms with Crippen molar-refractivity contribution in [2.75, 3.05) is 32.7 Å². The van der Waals surface area contributed by atoms with E-state index in [9.17, 15) is 9.59 Å². The fourth-order valence-electron chi connectivity index (χ4n) is 5.93. The maximum absolute atomic E-state index is 13.5. The molecule has 0 saturated heterocycles. The quantitative estimate of drug-likeness (QED) is 0.304. The van der Waals surface area contributed by atoms with E-state index >= 15 is 0 Å². The third-order valence-corrected chi connectivity index (χ3v) is 8.65. The Kier molecular flexibility index (Phi) is 11.3. The van der Waals surface area contributed by atoms with Gasteiger partial charge in [-0.3, -0.25) is 4.79 Å². The number of esters is 1. The van der Waals surface area contributed by atoms with Crippen LogP contribution in [0.5, 0.6) is 0 Å². The van der Waals surface area contributed by atoms with E-state index in [1.54, 1.807) is 11.8 Å². The number of thioether (sulfide) groups is 1. The zero-order valence-corrected chi connectivity index (χ0v) is 25.0. The van der Waals surface area contributed by atoms with E-state index < -0.39 is 12.0 Å². The van der Waals surface area contributed by atoms with Gasteiger partial charge in [0.15, 0.2) is 0 Å². The molecule has 0 bridgehead atoms. The fourth-order valence-corrected chi connectivity index (χ4v) is 6.40. The van der Waals surface area contributed by atoms with Gasteiger partial charge in [-0.25, -0.2) is 4.79 Å². The molecule has 208 valence electrons. The first-order chi connectivity index (χ1) is 18.2. The third-order valence-electron chi connectivity index (χ3n) is 8.01. The standard InChI is InChI=1S/C32H46N2O3S/c1-23-12-10-11-15-26(23)28-20-24(21-34(4)22-32(2,3)25-13-8-7-9-14-25)16-17-27(28)30(35)33-29(18-19-38-6)31(36)37-5/h10-12,15-17,20,25,29H,7-9,13-14,18-19,21-22H2,1-6H3,(H,33,35)/t29-/m0/s1. The second-order valence-electron chi connectivity index (χ2n) is 11.5. The highest BCUT2D eigenvalue weighted by molar-refractivity contribution is 7.98. The molecule has 1 aliphatic carbocycles. The summed E-state index contributed by atoms with van der Waals surface area (Å²) in [5.74, 6) is 0.871. The number of hydrogen-bond donors (Lipinski definition) is 1. The zero-order chi connectivity index (χ0) is 27.7. The molecule has 2 aromatic rings. The molecule has 1 saturated carbocycles. The van der Waals surface area contributed by atoms with Gasteiger partial charge in [0, 0.05) is 18.7 Å². The highest BCUT2D eigenvalue weighted by atomic mass is 32.2. The van der Waals surface area contributed by atoms with Crippen LogP contribution < -0.4 is 5.32 Å². The van der Waals surface area contributed by atoms with E-state index in [-0.39, 0.29) is 11.3 Å². The van der Waals surface area contributed by atoms with Crippen LogP contribution in [0, 0.1) is 18.3 Å². The number of hydrogen-bond acceptors (Lipinski definition) is 5. The lowest BCUT2D eigenvalue weighted by Gasteiger charge is -2.39. The second kappa shape index (κ2) is 14.2. The predicted octanol–water partition coefficient (Wildman–Crippen LogP) is 6.72. The van der Waals surface area contributed by atoms with Crippen LogP contribution in [0.3, 0.4) is 0 Å². The van der Waals surface area contributed by atoms with Gasteiger partial charge in [0.25, 0.3) is 5.91 Å². The van der Waals surface area contributed by atoms with Gasteiger partial charge >= 0.3 is 5.97 Å². The first-order valence-corrected chi connectivity index (χ1v) is 15.3. The first-order valence-electron chi connectivity index (χ1n) is 13.9. The molecule has 3 rings (SSSR count). The number of amides is 1. The number of nitrogens with one attached hydrogen (secondary N) is 1. The summed E-state index contributed by atoms with van der Waals surface area (Å²) in [5, 5.41) is 2.94. The number of carbonyl (C=O) groups excluding carboxylic acids is 2. The van der Waals surface area contributed by atoms with E-state index in [1.807, 2.05) is 24.5 Å². The number of carbonyl (C=O) groups is 2. The van der Waals surface area contributed by atoms with Gasteiger partial charge < -0.3 is 15.0 Å². The number of nitrogens with zero attached hydrogens (tertiary/aromatic N) is 1. The summed E-state index contributed by atoms with van der Waals surface area (Å²) in [7, 11) is 3.56. The van der Waals surface area contributed by atoms with Crippen molar-refractivity contribution in [1.29, 1.82) is 0 Å². The van der Waals surface area contributed by atoms with Crippen molar-refractivity contribution in [3.63, 3.8) is 0 Å². The number of aryl methyl sites for hydroxylation is 1. The molecule has 1 fully saturated rings. The van der Waals surface area contributed by atoms with E-state index in [4.69, 9.17) is 4.74 Å². The third kappa shape index (κ3) is 8.09. The maximum Gasteiger partial charge on any atom is 0.328 e. The Morgan fingerprint density at radius 2 is 1.82 bits per heavy atom. The Balaban J connectivity index is 1.85. The molecular formula is C32H46N2O3S. The Bertz CT molecular complexity index is 1080. The van der Waals surface area contributed by atoms with Gasteiger partial charge in [0.1, 0.15) is 6.04 Å². The van der Waals surface area contributed by atoms with Crippen molar-refractivity contribution in [3.05, 3.63) is 59.2 Å². The maximum atomic E-state index is 13.5. The molecule has 0 radical (unpaired) electrons. The van der Waals surface area contributed by atoms with Crippen molar-refractivity contribution in [2.24, 2.45) is 11.3 Å². The topological polar surface area (TPSA) is 58.6 Å². The molecule has 1 aliphatic rings. The predicted molar refractivity (Wildman–Crippen MR) is 160 cm³/mol. The first kappa shape index (κ1) is 30.2. The van der Waals surface area contributed by atoms with Crippen molar-refractivity contribution in [2.45, 2.75) is 71.9 Å². The molecule has 1 N–H and O–H groups in total. The lowest BCUT2D eigenvalue weighted by Crippen LogP contribution is -2.42. The number of benzene rings is 2. The monoisotopic (exact) mass is 538 g/mol. The normalized spacial score (nSPS) is 15.3. The van der Waals surface area contributed by atoms with Gasteiger partial charge in [0.05, 0.1) is 7.11 Å². The fraction of sp³-hybridized carbons (Fsp3) is 0.562. The van der Waals surface area contributed by atoms with E-state index in [0.29, 0.717) is 12.0 Å². The Morgan fingerprint density at radius 3 is 2.47 bits per heavy atom. The lowest BCUT2D eigenvalue weighted by atomic mass is 9.71. The van der Waals surface area contributed by atoms with Crippen molar-refractivity contribution in [1.82, 2.24) is 10.2 Å². The molecule has 0 unspecified atom stereocenters. The minimum absolute atomic E-state index is 0.252. The zero-order valence-electron chi connectivity index (χ0n) is 24.1. The molecule has 0 aliphatic heterocycles. The molecule has 0 heterocycles. The van der Waals surface area contributed by atoms with E-state index in [2.05, 4.69) is 62.3 Å². The van der Waals surface area contributed by atoms with Crippen LogP contribution in [0.15, 0.2) is 42.5 Å². The summed E-state index contributed by atoms with van der Waals surface area (Å²) in [6.07, 6.45) is 9.28. The van der Waals surface area contributed by atoms with Crippen LogP contribution in [-0.2, 0) is 16.1 Å². The highest BCUT2D eigenvalue weighted by Crippen LogP contribution is 2.39. The van der Waals surface area contributed by atoms with Crippen LogP contribution in [0.1, 0.15) is 73.9 Å². The minimum atomic E-state index is -0.669. The van der Waals surface area contributed by atoms with Crippen LogP contribution in [-0.4, -0.2) is 55.5 Å². The number of methoxy groups -OCH3 is 1. The van der Waals surface area contributed by atoms with Crippen molar-refractivity contribution >= 4 is 23.6 Å². The molecule has 38 heavy (non-hydrogen) atoms. The Labute approximate surface area is 234 Å². The van der Waals surface area contributed by atoms with Crippen molar-refractivity contribution in [3.8, 4) is 11.1 Å². The van der Waals surface area contributed by atoms with Gasteiger partial charge in [-0.15, -0.1) is 0 Å². The van der Waals surface area contributed by atoms with Crippen LogP contribution in [0.25, 0.3) is 11.1 Å². The summed E-state index contributed by atoms with van der Waals surface area (Å²) in [4.78, 5) is 28.3. The molecule has 0 aromatic heterocycles. The van der Waals surface area contributed by atoms with Crippen LogP contribution in [0.4, 0.5) is 0 Å². The van der Waals surface area contributed by atoms with Gasteiger partial charge in [-0.1, -0.05) is 63.4 Å². The number of rotatable bonds is 12. The highest BCUT2D eigenvalue weighted by Gasteiger charge is 2.31. The summed E-state index contributed by atoms with van der Waals surface area (Å²) in [6, 6.07) is 13.6. The lowest BCUT2D eigenvalue weighted by molar-refractivity contribution is -0.142. The largest absolute Gasteiger partial charge is 0.467 e. The average molecular weight is 539 g/mol. The van der Waals surface area contributed by atoms with E-state index in [1.165, 1.54) is 44.8 Å². The van der Waals surface area contributed by atoms with Gasteiger partial charge in [-0.2, -0.15) is 11.8 Å². The summed E-state index contributed by atoms with van der Waals surface area (Å²) >= 11 is 1.64. The minimum Gasteiger partial charge on any atom is -0.467 e. The molecule has 2 aromatic carbocycles. The SMILES string of the molecule is COC(=O)[C@H](CCSC)NC(=O)c1ccc(CN(C)CC(C)(C)C2CCCCC2)cc1-c1ccccc1C. The molecule has 6 heteroatoms.